The summed E-state index contributed by atoms with van der Waals surface area (Å²) in [5.41, 5.74) is 0. The van der Waals surface area contributed by atoms with Crippen molar-refractivity contribution in [1.82, 2.24) is 5.32 Å². The molecule has 0 aromatic carbocycles. The van der Waals surface area contributed by atoms with Crippen LogP contribution in [0.25, 0.3) is 0 Å². The molecular weight excluding hydrogens is 855 g/mol. The highest BCUT2D eigenvalue weighted by Gasteiger charge is 2.18. The molecule has 0 aromatic heterocycles. The van der Waals surface area contributed by atoms with Gasteiger partial charge in [0.05, 0.1) is 18.8 Å². The van der Waals surface area contributed by atoms with E-state index in [1.165, 1.54) is 148 Å². The Morgan fingerprint density at radius 2 is 0.643 bits per heavy atom. The molecule has 2 atom stereocenters. The summed E-state index contributed by atoms with van der Waals surface area (Å²) in [6.07, 6.45) is 93.3. The molecule has 4 heteroatoms. The normalized spacial score (nSPS) is 13.8. The zero-order valence-electron chi connectivity index (χ0n) is 45.7. The predicted octanol–water partition coefficient (Wildman–Crippen LogP) is 19.8. The van der Waals surface area contributed by atoms with Crippen molar-refractivity contribution >= 4 is 5.91 Å². The zero-order chi connectivity index (χ0) is 50.6. The Morgan fingerprint density at radius 1 is 0.357 bits per heavy atom. The lowest BCUT2D eigenvalue weighted by Crippen LogP contribution is -2.45. The molecule has 398 valence electrons. The van der Waals surface area contributed by atoms with Gasteiger partial charge in [0.25, 0.3) is 0 Å². The highest BCUT2D eigenvalue weighted by atomic mass is 16.3. The molecule has 0 aliphatic heterocycles. The lowest BCUT2D eigenvalue weighted by Gasteiger charge is -2.19. The standard InChI is InChI=1S/C66H111NO3/c1-3-5-7-9-11-13-15-17-19-21-22-23-24-25-26-27-28-29-30-31-32-33-34-35-36-37-38-39-40-41-42-43-44-46-48-50-52-54-56-58-60-62-66(70)67-64(63-68)65(69)61-59-57-55-53-51-49-47-45-20-18-16-14-12-10-8-6-4-2/h5,7,11,13,17,19-20,22-23,25-26,28-29,31-32,34-35,45,51,53,59,61,64-65,68-69H,3-4,6,8-10,12,14-16,18,21,24,27,30,33,36-44,46-50,52,54-58,60,62-63H2,1-2H3,(H,67,70)/b7-5-,13-11-,19-17-,23-22-,26-25-,29-28-,32-31-,35-34-,45-20+,53-51+,61-59+. The van der Waals surface area contributed by atoms with Gasteiger partial charge in [-0.1, -0.05) is 276 Å². The maximum absolute atomic E-state index is 12.5. The first kappa shape index (κ1) is 66.5. The van der Waals surface area contributed by atoms with Gasteiger partial charge < -0.3 is 15.5 Å². The van der Waals surface area contributed by atoms with Crippen LogP contribution in [-0.2, 0) is 4.79 Å². The monoisotopic (exact) mass is 966 g/mol. The van der Waals surface area contributed by atoms with E-state index in [1.54, 1.807) is 6.08 Å². The zero-order valence-corrected chi connectivity index (χ0v) is 45.7. The van der Waals surface area contributed by atoms with Crippen molar-refractivity contribution in [3.8, 4) is 0 Å². The van der Waals surface area contributed by atoms with E-state index in [2.05, 4.69) is 141 Å². The highest BCUT2D eigenvalue weighted by Crippen LogP contribution is 2.15. The lowest BCUT2D eigenvalue weighted by atomic mass is 10.0. The molecule has 0 fully saturated rings. The first-order valence-electron chi connectivity index (χ1n) is 29.4. The fraction of sp³-hybridized carbons (Fsp3) is 0.652. The maximum Gasteiger partial charge on any atom is 0.220 e. The first-order valence-corrected chi connectivity index (χ1v) is 29.4. The third kappa shape index (κ3) is 55.5. The van der Waals surface area contributed by atoms with Gasteiger partial charge in [-0.25, -0.2) is 0 Å². The third-order valence-corrected chi connectivity index (χ3v) is 12.6. The summed E-state index contributed by atoms with van der Waals surface area (Å²) < 4.78 is 0. The summed E-state index contributed by atoms with van der Waals surface area (Å²) >= 11 is 0. The molecule has 3 N–H and O–H groups in total. The van der Waals surface area contributed by atoms with Crippen molar-refractivity contribution < 1.29 is 15.0 Å². The highest BCUT2D eigenvalue weighted by molar-refractivity contribution is 5.76. The third-order valence-electron chi connectivity index (χ3n) is 12.6. The molecule has 0 radical (unpaired) electrons. The van der Waals surface area contributed by atoms with Crippen molar-refractivity contribution in [1.29, 1.82) is 0 Å². The second kappa shape index (κ2) is 59.8. The summed E-state index contributed by atoms with van der Waals surface area (Å²) in [6, 6.07) is -0.652. The Kier molecular flexibility index (Phi) is 56.9. The number of nitrogens with one attached hydrogen (secondary N) is 1. The van der Waals surface area contributed by atoms with Gasteiger partial charge in [-0.05, 0) is 109 Å². The fourth-order valence-electron chi connectivity index (χ4n) is 8.17. The van der Waals surface area contributed by atoms with E-state index in [9.17, 15) is 15.0 Å². The van der Waals surface area contributed by atoms with Gasteiger partial charge in [0.1, 0.15) is 0 Å². The van der Waals surface area contributed by atoms with Gasteiger partial charge in [0, 0.05) is 6.42 Å². The molecule has 0 saturated carbocycles. The number of carbonyl (C=O) groups is 1. The number of amides is 1. The van der Waals surface area contributed by atoms with Crippen LogP contribution in [0, 0.1) is 0 Å². The maximum atomic E-state index is 12.5. The SMILES string of the molecule is CC/C=C\C/C=C\C/C=C\C/C=C\C/C=C\C/C=C\C/C=C\C/C=C\CCCCCCCCCCCCCCCCCCC(=O)NC(CO)C(O)/C=C/CC/C=C/CC/C=C/CCCCCCCCC. The second-order valence-electron chi connectivity index (χ2n) is 19.3. The van der Waals surface area contributed by atoms with Crippen molar-refractivity contribution in [2.75, 3.05) is 6.61 Å². The van der Waals surface area contributed by atoms with E-state index in [4.69, 9.17) is 0 Å². The Hall–Kier alpha value is -3.47. The van der Waals surface area contributed by atoms with E-state index < -0.39 is 12.1 Å². The molecule has 1 amide bonds. The van der Waals surface area contributed by atoms with Crippen LogP contribution < -0.4 is 5.32 Å². The number of allylic oxidation sites excluding steroid dienone is 21. The Morgan fingerprint density at radius 3 is 1.00 bits per heavy atom. The van der Waals surface area contributed by atoms with Crippen LogP contribution in [0.3, 0.4) is 0 Å². The van der Waals surface area contributed by atoms with Gasteiger partial charge in [-0.2, -0.15) is 0 Å². The summed E-state index contributed by atoms with van der Waals surface area (Å²) in [5.74, 6) is -0.0814. The van der Waals surface area contributed by atoms with Crippen LogP contribution in [0.2, 0.25) is 0 Å². The predicted molar refractivity (Wildman–Crippen MR) is 312 cm³/mol. The van der Waals surface area contributed by atoms with E-state index in [1.807, 2.05) is 6.08 Å². The number of rotatable bonds is 52. The van der Waals surface area contributed by atoms with Crippen molar-refractivity contribution in [3.05, 3.63) is 134 Å². The topological polar surface area (TPSA) is 69.6 Å². The number of carbonyl (C=O) groups excluding carboxylic acids is 1. The summed E-state index contributed by atoms with van der Waals surface area (Å²) in [5, 5.41) is 23.1. The number of aliphatic hydroxyl groups is 2. The molecule has 2 unspecified atom stereocenters. The molecule has 0 rings (SSSR count). The summed E-state index contributed by atoms with van der Waals surface area (Å²) in [6.45, 7) is 4.17. The number of hydrogen-bond donors (Lipinski definition) is 3. The minimum Gasteiger partial charge on any atom is -0.394 e. The van der Waals surface area contributed by atoms with Crippen LogP contribution in [0.1, 0.15) is 258 Å². The van der Waals surface area contributed by atoms with Gasteiger partial charge >= 0.3 is 0 Å². The van der Waals surface area contributed by atoms with Crippen molar-refractivity contribution in [3.63, 3.8) is 0 Å². The molecule has 70 heavy (non-hydrogen) atoms. The molecule has 0 aliphatic rings. The number of aliphatic hydroxyl groups excluding tert-OH is 2. The lowest BCUT2D eigenvalue weighted by molar-refractivity contribution is -0.123. The van der Waals surface area contributed by atoms with Crippen LogP contribution >= 0.6 is 0 Å². The molecule has 4 nitrogen and oxygen atoms in total. The Bertz CT molecular complexity index is 1420. The molecular formula is C66H111NO3. The van der Waals surface area contributed by atoms with E-state index in [0.717, 1.165) is 89.9 Å². The summed E-state index contributed by atoms with van der Waals surface area (Å²) in [7, 11) is 0. The van der Waals surface area contributed by atoms with E-state index in [0.29, 0.717) is 6.42 Å². The van der Waals surface area contributed by atoms with Gasteiger partial charge in [-0.3, -0.25) is 4.79 Å². The Balaban J connectivity index is 3.56. The molecule has 0 aliphatic carbocycles. The van der Waals surface area contributed by atoms with Crippen LogP contribution in [0.15, 0.2) is 134 Å². The van der Waals surface area contributed by atoms with Gasteiger partial charge in [0.15, 0.2) is 0 Å². The minimum atomic E-state index is -0.877. The number of unbranched alkanes of at least 4 members (excludes halogenated alkanes) is 25. The first-order chi connectivity index (χ1) is 34.7. The summed E-state index contributed by atoms with van der Waals surface area (Å²) in [4.78, 5) is 12.5. The second-order valence-corrected chi connectivity index (χ2v) is 19.3. The molecule has 0 bridgehead atoms. The van der Waals surface area contributed by atoms with Gasteiger partial charge in [-0.15, -0.1) is 0 Å². The van der Waals surface area contributed by atoms with Crippen molar-refractivity contribution in [2.24, 2.45) is 0 Å². The smallest absolute Gasteiger partial charge is 0.220 e. The Labute approximate surface area is 434 Å². The molecule has 0 heterocycles. The average Bonchev–Trinajstić information content (AvgIpc) is 3.36. The molecule has 0 aromatic rings. The molecule has 0 saturated heterocycles. The fourth-order valence-corrected chi connectivity index (χ4v) is 8.17. The van der Waals surface area contributed by atoms with E-state index >= 15 is 0 Å². The van der Waals surface area contributed by atoms with Crippen LogP contribution in [0.4, 0.5) is 0 Å². The largest absolute Gasteiger partial charge is 0.394 e. The van der Waals surface area contributed by atoms with Gasteiger partial charge in [0.2, 0.25) is 5.91 Å². The quantitative estimate of drug-likeness (QED) is 0.0420. The molecule has 0 spiro atoms. The van der Waals surface area contributed by atoms with Crippen LogP contribution in [-0.4, -0.2) is 34.9 Å². The van der Waals surface area contributed by atoms with Crippen LogP contribution in [0.5, 0.6) is 0 Å². The van der Waals surface area contributed by atoms with Crippen molar-refractivity contribution in [2.45, 2.75) is 270 Å². The average molecular weight is 967 g/mol. The van der Waals surface area contributed by atoms with E-state index in [-0.39, 0.29) is 12.5 Å². The number of hydrogen-bond acceptors (Lipinski definition) is 3. The minimum absolute atomic E-state index is 0.0814.